The van der Waals surface area contributed by atoms with Crippen LogP contribution in [0.25, 0.3) is 0 Å². The van der Waals surface area contributed by atoms with Crippen LogP contribution in [0.1, 0.15) is 16.9 Å². The second-order valence-electron chi connectivity index (χ2n) is 3.30. The quantitative estimate of drug-likeness (QED) is 0.602. The Bertz CT molecular complexity index is 390. The van der Waals surface area contributed by atoms with Crippen molar-refractivity contribution in [2.24, 2.45) is 0 Å². The van der Waals surface area contributed by atoms with Crippen molar-refractivity contribution >= 4 is 11.9 Å². The molecule has 0 aliphatic carbocycles. The minimum atomic E-state index is -1.17. The zero-order valence-corrected chi connectivity index (χ0v) is 9.42. The van der Waals surface area contributed by atoms with Crippen molar-refractivity contribution in [3.63, 3.8) is 0 Å². The molecule has 0 aliphatic rings. The number of aromatic nitrogens is 3. The van der Waals surface area contributed by atoms with Crippen molar-refractivity contribution in [2.75, 3.05) is 20.3 Å². The summed E-state index contributed by atoms with van der Waals surface area (Å²) < 4.78 is 6.00. The Kier molecular flexibility index (Phi) is 5.08. The first-order chi connectivity index (χ1) is 8.13. The highest BCUT2D eigenvalue weighted by Crippen LogP contribution is 1.92. The van der Waals surface area contributed by atoms with Crippen molar-refractivity contribution < 1.29 is 19.4 Å². The Morgan fingerprint density at radius 3 is 2.94 bits per heavy atom. The summed E-state index contributed by atoms with van der Waals surface area (Å²) in [6.45, 7) is 1.03. The molecule has 0 aromatic carbocycles. The van der Waals surface area contributed by atoms with Crippen molar-refractivity contribution in [3.8, 4) is 0 Å². The van der Waals surface area contributed by atoms with Crippen molar-refractivity contribution in [1.82, 2.24) is 20.3 Å². The van der Waals surface area contributed by atoms with E-state index in [9.17, 15) is 9.59 Å². The molecule has 2 N–H and O–H groups in total. The summed E-state index contributed by atoms with van der Waals surface area (Å²) in [6.07, 6.45) is 1.93. The SMILES string of the molecule is COCCCNC(=O)Cn1cc(C(=O)O)nn1. The molecule has 0 saturated carbocycles. The molecule has 0 unspecified atom stereocenters. The zero-order chi connectivity index (χ0) is 12.7. The van der Waals surface area contributed by atoms with Gasteiger partial charge in [-0.1, -0.05) is 5.21 Å². The molecule has 1 heterocycles. The lowest BCUT2D eigenvalue weighted by atomic mass is 10.4. The molecule has 8 nitrogen and oxygen atoms in total. The van der Waals surface area contributed by atoms with E-state index >= 15 is 0 Å². The Morgan fingerprint density at radius 2 is 2.35 bits per heavy atom. The third kappa shape index (κ3) is 4.60. The molecular weight excluding hydrogens is 228 g/mol. The second kappa shape index (κ2) is 6.59. The van der Waals surface area contributed by atoms with Gasteiger partial charge in [0.05, 0.1) is 6.20 Å². The fourth-order valence-corrected chi connectivity index (χ4v) is 1.12. The normalized spacial score (nSPS) is 10.2. The van der Waals surface area contributed by atoms with Crippen molar-refractivity contribution in [1.29, 1.82) is 0 Å². The Morgan fingerprint density at radius 1 is 1.59 bits per heavy atom. The number of aromatic carboxylic acids is 1. The van der Waals surface area contributed by atoms with E-state index in [2.05, 4.69) is 15.6 Å². The topological polar surface area (TPSA) is 106 Å². The number of carboxylic acid groups (broad SMARTS) is 1. The number of rotatable bonds is 7. The van der Waals surface area contributed by atoms with Gasteiger partial charge in [0.1, 0.15) is 6.54 Å². The Balaban J connectivity index is 2.32. The average Bonchev–Trinajstić information content (AvgIpc) is 2.73. The van der Waals surface area contributed by atoms with Gasteiger partial charge in [0.25, 0.3) is 0 Å². The van der Waals surface area contributed by atoms with E-state index in [-0.39, 0.29) is 18.1 Å². The van der Waals surface area contributed by atoms with Crippen LogP contribution < -0.4 is 5.32 Å². The predicted molar refractivity (Wildman–Crippen MR) is 56.5 cm³/mol. The predicted octanol–water partition coefficient (Wildman–Crippen LogP) is -0.871. The molecule has 0 bridgehead atoms. The van der Waals surface area contributed by atoms with Gasteiger partial charge in [0.2, 0.25) is 5.91 Å². The maximum atomic E-state index is 11.4. The lowest BCUT2D eigenvalue weighted by Crippen LogP contribution is -2.29. The molecule has 8 heteroatoms. The third-order valence-corrected chi connectivity index (χ3v) is 1.91. The van der Waals surface area contributed by atoms with Gasteiger partial charge in [-0.05, 0) is 6.42 Å². The first kappa shape index (κ1) is 13.1. The lowest BCUT2D eigenvalue weighted by Gasteiger charge is -2.03. The summed E-state index contributed by atoms with van der Waals surface area (Å²) in [6, 6.07) is 0. The average molecular weight is 242 g/mol. The molecule has 1 aromatic rings. The Labute approximate surface area is 97.6 Å². The Hall–Kier alpha value is -1.96. The molecule has 94 valence electrons. The monoisotopic (exact) mass is 242 g/mol. The molecular formula is C9H14N4O4. The van der Waals surface area contributed by atoms with E-state index in [1.165, 1.54) is 10.9 Å². The molecule has 1 amide bonds. The molecule has 0 aliphatic heterocycles. The molecule has 1 aromatic heterocycles. The number of carboxylic acids is 1. The van der Waals surface area contributed by atoms with Gasteiger partial charge in [0.15, 0.2) is 5.69 Å². The molecule has 17 heavy (non-hydrogen) atoms. The standard InChI is InChI=1S/C9H14N4O4/c1-17-4-2-3-10-8(14)6-13-5-7(9(15)16)11-12-13/h5H,2-4,6H2,1H3,(H,10,14)(H,15,16). The van der Waals surface area contributed by atoms with Crippen LogP contribution in [0.4, 0.5) is 0 Å². The summed E-state index contributed by atoms with van der Waals surface area (Å²) in [5, 5.41) is 18.2. The van der Waals surface area contributed by atoms with Crippen molar-refractivity contribution in [2.45, 2.75) is 13.0 Å². The molecule has 0 fully saturated rings. The maximum absolute atomic E-state index is 11.4. The number of nitrogens with zero attached hydrogens (tertiary/aromatic N) is 3. The fourth-order valence-electron chi connectivity index (χ4n) is 1.12. The highest BCUT2D eigenvalue weighted by Gasteiger charge is 2.10. The summed E-state index contributed by atoms with van der Waals surface area (Å²) in [4.78, 5) is 21.9. The number of carbonyl (C=O) groups is 2. The highest BCUT2D eigenvalue weighted by atomic mass is 16.5. The number of hydrogen-bond acceptors (Lipinski definition) is 5. The maximum Gasteiger partial charge on any atom is 0.358 e. The lowest BCUT2D eigenvalue weighted by molar-refractivity contribution is -0.121. The van der Waals surface area contributed by atoms with Gasteiger partial charge in [-0.15, -0.1) is 5.10 Å². The van der Waals surface area contributed by atoms with Crippen LogP contribution in [0.3, 0.4) is 0 Å². The molecule has 1 rings (SSSR count). The number of hydrogen-bond donors (Lipinski definition) is 2. The summed E-state index contributed by atoms with van der Waals surface area (Å²) in [5.41, 5.74) is -0.183. The van der Waals surface area contributed by atoms with Gasteiger partial charge in [-0.3, -0.25) is 4.79 Å². The van der Waals surface area contributed by atoms with E-state index in [1.54, 1.807) is 7.11 Å². The number of carbonyl (C=O) groups excluding carboxylic acids is 1. The van der Waals surface area contributed by atoms with Gasteiger partial charge in [0, 0.05) is 20.3 Å². The third-order valence-electron chi connectivity index (χ3n) is 1.91. The van der Waals surface area contributed by atoms with Gasteiger partial charge in [-0.25, -0.2) is 9.48 Å². The second-order valence-corrected chi connectivity index (χ2v) is 3.30. The smallest absolute Gasteiger partial charge is 0.358 e. The van der Waals surface area contributed by atoms with E-state index in [1.807, 2.05) is 0 Å². The van der Waals surface area contributed by atoms with Crippen LogP contribution in [0.2, 0.25) is 0 Å². The van der Waals surface area contributed by atoms with Crippen LogP contribution in [-0.2, 0) is 16.1 Å². The van der Waals surface area contributed by atoms with Gasteiger partial charge < -0.3 is 15.2 Å². The molecule has 0 saturated heterocycles. The number of amides is 1. The van der Waals surface area contributed by atoms with E-state index in [0.29, 0.717) is 13.2 Å². The molecule has 0 atom stereocenters. The van der Waals surface area contributed by atoms with Crippen molar-refractivity contribution in [3.05, 3.63) is 11.9 Å². The van der Waals surface area contributed by atoms with Crippen LogP contribution in [0, 0.1) is 0 Å². The van der Waals surface area contributed by atoms with Gasteiger partial charge >= 0.3 is 5.97 Å². The summed E-state index contributed by atoms with van der Waals surface area (Å²) in [5.74, 6) is -1.42. The van der Waals surface area contributed by atoms with Crippen LogP contribution >= 0.6 is 0 Å². The van der Waals surface area contributed by atoms with Crippen LogP contribution in [-0.4, -0.2) is 52.2 Å². The van der Waals surface area contributed by atoms with E-state index in [4.69, 9.17) is 9.84 Å². The zero-order valence-electron chi connectivity index (χ0n) is 9.42. The van der Waals surface area contributed by atoms with Gasteiger partial charge in [-0.2, -0.15) is 0 Å². The minimum absolute atomic E-state index is 0.0484. The van der Waals surface area contributed by atoms with E-state index < -0.39 is 5.97 Å². The summed E-state index contributed by atoms with van der Waals surface area (Å²) >= 11 is 0. The first-order valence-corrected chi connectivity index (χ1v) is 5.02. The number of ether oxygens (including phenoxy) is 1. The van der Waals surface area contributed by atoms with Crippen LogP contribution in [0.15, 0.2) is 6.20 Å². The molecule has 0 radical (unpaired) electrons. The molecule has 0 spiro atoms. The number of methoxy groups -OCH3 is 1. The fraction of sp³-hybridized carbons (Fsp3) is 0.556. The highest BCUT2D eigenvalue weighted by molar-refractivity contribution is 5.84. The van der Waals surface area contributed by atoms with Crippen LogP contribution in [0.5, 0.6) is 0 Å². The minimum Gasteiger partial charge on any atom is -0.476 e. The summed E-state index contributed by atoms with van der Waals surface area (Å²) in [7, 11) is 1.59. The first-order valence-electron chi connectivity index (χ1n) is 5.02. The van der Waals surface area contributed by atoms with E-state index in [0.717, 1.165) is 6.42 Å². The number of nitrogens with one attached hydrogen (secondary N) is 1. The largest absolute Gasteiger partial charge is 0.476 e.